The third kappa shape index (κ3) is 773. The Balaban J connectivity index is 0. The van der Waals surface area contributed by atoms with Crippen LogP contribution in [0.1, 0.15) is 0 Å². The van der Waals surface area contributed by atoms with Crippen LogP contribution in [-0.4, -0.2) is 14.7 Å². The molecule has 3 N–H and O–H groups in total. The molecule has 0 bridgehead atoms. The smallest absolute Gasteiger partial charge is 0.324 e. The van der Waals surface area contributed by atoms with Crippen LogP contribution in [0.2, 0.25) is 0 Å². The highest BCUT2D eigenvalue weighted by Crippen LogP contribution is 2.11. The standard InChI is InChI=1S/CHF.H3O3P/c1-2;1-4(2)3/h1H;1-3H. The highest BCUT2D eigenvalue weighted by Gasteiger charge is 1.76. The lowest BCUT2D eigenvalue weighted by atomic mass is 11.9. The van der Waals surface area contributed by atoms with E-state index >= 15 is 0 Å². The van der Waals surface area contributed by atoms with Gasteiger partial charge in [-0.1, -0.05) is 0 Å². The maximum Gasteiger partial charge on any atom is 0.324 e. The zero-order chi connectivity index (χ0) is 5.58. The number of rotatable bonds is 0. The monoisotopic (exact) mass is 114 g/mol. The molecular weight excluding hydrogens is 110 g/mol. The summed E-state index contributed by atoms with van der Waals surface area (Å²) >= 11 is 0. The lowest BCUT2D eigenvalue weighted by molar-refractivity contribution is 0.368. The Morgan fingerprint density at radius 2 is 1.17 bits per heavy atom. The van der Waals surface area contributed by atoms with Crippen LogP contribution >= 0.6 is 8.60 Å². The molecule has 0 aromatic carbocycles. The van der Waals surface area contributed by atoms with Crippen molar-refractivity contribution in [1.29, 1.82) is 0 Å². The molecule has 0 saturated carbocycles. The third-order valence-electron chi connectivity index (χ3n) is 0. The van der Waals surface area contributed by atoms with Crippen molar-refractivity contribution in [3.8, 4) is 0 Å². The molecule has 0 aromatic rings. The summed E-state index contributed by atoms with van der Waals surface area (Å²) in [5, 5.41) is 0. The minimum Gasteiger partial charge on any atom is -0.328 e. The Bertz CT molecular complexity index is 15.5. The Morgan fingerprint density at radius 3 is 1.17 bits per heavy atom. The average molecular weight is 114 g/mol. The molecule has 0 aromatic heterocycles. The van der Waals surface area contributed by atoms with Gasteiger partial charge in [0.15, 0.2) is 7.18 Å². The molecule has 0 rings (SSSR count). The van der Waals surface area contributed by atoms with E-state index in [9.17, 15) is 0 Å². The summed E-state index contributed by atoms with van der Waals surface area (Å²) in [5.74, 6) is 0. The van der Waals surface area contributed by atoms with Crippen LogP contribution in [0.15, 0.2) is 0 Å². The summed E-state index contributed by atoms with van der Waals surface area (Å²) in [6.07, 6.45) is 0. The summed E-state index contributed by atoms with van der Waals surface area (Å²) in [7, 11) is 0.380. The largest absolute Gasteiger partial charge is 0.328 e. The average Bonchev–Trinajstić information content (AvgIpc) is 1.41. The van der Waals surface area contributed by atoms with Crippen molar-refractivity contribution in [1.82, 2.24) is 0 Å². The Kier molecular flexibility index (Phi) is 14.3. The van der Waals surface area contributed by atoms with E-state index in [0.29, 0.717) is 0 Å². The fraction of sp³-hybridized carbons (Fsp3) is 0. The van der Waals surface area contributed by atoms with Gasteiger partial charge in [-0.15, -0.1) is 0 Å². The van der Waals surface area contributed by atoms with Crippen molar-refractivity contribution in [2.24, 2.45) is 0 Å². The van der Waals surface area contributed by atoms with E-state index in [4.69, 9.17) is 19.1 Å². The highest BCUT2D eigenvalue weighted by atomic mass is 31.2. The number of hydrogen-bond donors (Lipinski definition) is 3. The van der Waals surface area contributed by atoms with Crippen LogP contribution in [0.4, 0.5) is 4.39 Å². The molecule has 3 nitrogen and oxygen atoms in total. The van der Waals surface area contributed by atoms with Crippen LogP contribution in [0, 0.1) is 7.18 Å². The lowest BCUT2D eigenvalue weighted by Crippen LogP contribution is -1.54. The Morgan fingerprint density at radius 1 is 1.17 bits per heavy atom. The molecule has 5 heteroatoms. The van der Waals surface area contributed by atoms with Crippen molar-refractivity contribution >= 4 is 8.60 Å². The molecule has 0 atom stereocenters. The quantitative estimate of drug-likeness (QED) is 0.382. The second-order valence-electron chi connectivity index (χ2n) is 0.268. The van der Waals surface area contributed by atoms with Gasteiger partial charge in [0, 0.05) is 0 Å². The van der Waals surface area contributed by atoms with E-state index in [1.807, 2.05) is 0 Å². The van der Waals surface area contributed by atoms with Crippen LogP contribution in [-0.2, 0) is 0 Å². The third-order valence-corrected chi connectivity index (χ3v) is 0. The van der Waals surface area contributed by atoms with Gasteiger partial charge >= 0.3 is 8.60 Å². The van der Waals surface area contributed by atoms with E-state index in [-0.39, 0.29) is 0 Å². The topological polar surface area (TPSA) is 60.7 Å². The Hall–Kier alpha value is 0.240. The SMILES string of the molecule is OP(O)O.[CH]F. The lowest BCUT2D eigenvalue weighted by Gasteiger charge is -1.76. The zero-order valence-electron chi connectivity index (χ0n) is 2.74. The molecule has 2 radical (unpaired) electrons. The van der Waals surface area contributed by atoms with Gasteiger partial charge in [-0.25, -0.2) is 4.39 Å². The first kappa shape index (κ1) is 9.53. The maximum atomic E-state index is 9.00. The summed E-state index contributed by atoms with van der Waals surface area (Å²) in [6, 6.07) is 0. The van der Waals surface area contributed by atoms with Crippen LogP contribution in [0.5, 0.6) is 0 Å². The fourth-order valence-electron chi connectivity index (χ4n) is 0. The molecule has 0 aliphatic rings. The van der Waals surface area contributed by atoms with Crippen molar-refractivity contribution in [2.75, 3.05) is 0 Å². The summed E-state index contributed by atoms with van der Waals surface area (Å²) < 4.78 is 9.00. The molecule has 38 valence electrons. The Labute approximate surface area is 36.1 Å². The van der Waals surface area contributed by atoms with E-state index in [2.05, 4.69) is 7.18 Å². The van der Waals surface area contributed by atoms with Gasteiger partial charge in [-0.05, 0) is 0 Å². The van der Waals surface area contributed by atoms with Gasteiger partial charge in [0.05, 0.1) is 0 Å². The molecule has 0 heterocycles. The van der Waals surface area contributed by atoms with Gasteiger partial charge in [0.25, 0.3) is 0 Å². The van der Waals surface area contributed by atoms with Crippen LogP contribution in [0.25, 0.3) is 0 Å². The van der Waals surface area contributed by atoms with E-state index in [1.165, 1.54) is 0 Å². The van der Waals surface area contributed by atoms with Crippen molar-refractivity contribution < 1.29 is 19.1 Å². The van der Waals surface area contributed by atoms with Crippen molar-refractivity contribution in [2.45, 2.75) is 0 Å². The van der Waals surface area contributed by atoms with E-state index in [0.717, 1.165) is 0 Å². The minimum absolute atomic E-state index is 2.62. The molecule has 0 aliphatic carbocycles. The van der Waals surface area contributed by atoms with E-state index < -0.39 is 8.60 Å². The van der Waals surface area contributed by atoms with Gasteiger partial charge in [0.2, 0.25) is 0 Å². The summed E-state index contributed by atoms with van der Waals surface area (Å²) in [6.45, 7) is 0. The maximum absolute atomic E-state index is 9.00. The second kappa shape index (κ2) is 8.97. The van der Waals surface area contributed by atoms with Gasteiger partial charge in [-0.2, -0.15) is 0 Å². The zero-order valence-corrected chi connectivity index (χ0v) is 3.64. The molecule has 0 unspecified atom stereocenters. The van der Waals surface area contributed by atoms with Gasteiger partial charge < -0.3 is 14.7 Å². The molecule has 0 spiro atoms. The number of hydrogen-bond acceptors (Lipinski definition) is 3. The second-order valence-corrected chi connectivity index (χ2v) is 0.805. The van der Waals surface area contributed by atoms with Gasteiger partial charge in [-0.3, -0.25) is 0 Å². The van der Waals surface area contributed by atoms with Crippen LogP contribution < -0.4 is 0 Å². The first-order valence-electron chi connectivity index (χ1n) is 0.818. The van der Waals surface area contributed by atoms with Crippen LogP contribution in [0.3, 0.4) is 0 Å². The summed E-state index contributed by atoms with van der Waals surface area (Å²) in [4.78, 5) is 21.7. The summed E-state index contributed by atoms with van der Waals surface area (Å²) in [5.41, 5.74) is 0. The highest BCUT2D eigenvalue weighted by molar-refractivity contribution is 7.38. The predicted molar refractivity (Wildman–Crippen MR) is 19.0 cm³/mol. The molecule has 0 fully saturated rings. The first-order chi connectivity index (χ1) is 2.73. The fourth-order valence-corrected chi connectivity index (χ4v) is 0. The molecule has 6 heavy (non-hydrogen) atoms. The van der Waals surface area contributed by atoms with Crippen molar-refractivity contribution in [3.05, 3.63) is 7.18 Å². The van der Waals surface area contributed by atoms with Gasteiger partial charge in [0.1, 0.15) is 0 Å². The predicted octanol–water partition coefficient (Wildman–Crippen LogP) is -0.185. The number of halogens is 1. The molecule has 0 amide bonds. The molecule has 0 saturated heterocycles. The van der Waals surface area contributed by atoms with Crippen molar-refractivity contribution in [3.63, 3.8) is 0 Å². The van der Waals surface area contributed by atoms with E-state index in [1.54, 1.807) is 0 Å². The minimum atomic E-state index is -2.62. The normalized spacial score (nSPS) is 7.00. The molecule has 0 aliphatic heterocycles. The molecular formula is CH4FO3P. The first-order valence-corrected chi connectivity index (χ1v) is 2.02.